The molecular weight excluding hydrogens is 154 g/mol. The molecule has 1 atom stereocenters. The van der Waals surface area contributed by atoms with E-state index in [4.69, 9.17) is 5.11 Å². The lowest BCUT2D eigenvalue weighted by molar-refractivity contribution is 0.159. The van der Waals surface area contributed by atoms with E-state index in [1.54, 1.807) is 0 Å². The van der Waals surface area contributed by atoms with E-state index in [2.05, 4.69) is 5.32 Å². The fourth-order valence-corrected chi connectivity index (χ4v) is 0.905. The summed E-state index contributed by atoms with van der Waals surface area (Å²) in [5.41, 5.74) is 0. The molecule has 0 fully saturated rings. The van der Waals surface area contributed by atoms with Crippen LogP contribution in [-0.2, 0) is 0 Å². The van der Waals surface area contributed by atoms with Gasteiger partial charge in [0.25, 0.3) is 0 Å². The average Bonchev–Trinajstić information content (AvgIpc) is 2.06. The molecule has 0 saturated heterocycles. The molecule has 0 aliphatic heterocycles. The molecule has 0 aliphatic rings. The smallest absolute Gasteiger partial charge is 0.0667 e. The van der Waals surface area contributed by atoms with Crippen molar-refractivity contribution in [3.8, 4) is 0 Å². The summed E-state index contributed by atoms with van der Waals surface area (Å²) in [6, 6.07) is 0. The number of nitrogens with one attached hydrogen (secondary N) is 1. The molecule has 0 spiro atoms. The Bertz CT molecular complexity index is 115. The molecule has 0 aromatic heterocycles. The second-order valence-electron chi connectivity index (χ2n) is 2.73. The van der Waals surface area contributed by atoms with E-state index in [1.807, 2.05) is 19.1 Å². The first kappa shape index (κ1) is 11.6. The molecule has 0 aromatic rings. The first-order valence-electron chi connectivity index (χ1n) is 4.42. The summed E-state index contributed by atoms with van der Waals surface area (Å²) in [6.07, 6.45) is 5.41. The van der Waals surface area contributed by atoms with Gasteiger partial charge in [0, 0.05) is 13.1 Å². The highest BCUT2D eigenvalue weighted by Crippen LogP contribution is 1.96. The first-order valence-corrected chi connectivity index (χ1v) is 4.42. The third-order valence-corrected chi connectivity index (χ3v) is 1.57. The summed E-state index contributed by atoms with van der Waals surface area (Å²) in [4.78, 5) is 0. The van der Waals surface area contributed by atoms with E-state index in [1.165, 1.54) is 0 Å². The van der Waals surface area contributed by atoms with Crippen LogP contribution >= 0.6 is 0 Å². The Morgan fingerprint density at radius 1 is 1.50 bits per heavy atom. The molecule has 1 unspecified atom stereocenters. The molecule has 72 valence electrons. The topological polar surface area (TPSA) is 52.5 Å². The zero-order valence-electron chi connectivity index (χ0n) is 7.66. The summed E-state index contributed by atoms with van der Waals surface area (Å²) >= 11 is 0. The number of rotatable bonds is 7. The van der Waals surface area contributed by atoms with Gasteiger partial charge in [0.2, 0.25) is 0 Å². The van der Waals surface area contributed by atoms with Crippen molar-refractivity contribution >= 4 is 0 Å². The van der Waals surface area contributed by atoms with Gasteiger partial charge in [-0.05, 0) is 19.8 Å². The normalized spacial score (nSPS) is 13.9. The monoisotopic (exact) mass is 173 g/mol. The Balaban J connectivity index is 3.15. The summed E-state index contributed by atoms with van der Waals surface area (Å²) in [7, 11) is 0. The molecule has 0 saturated carbocycles. The summed E-state index contributed by atoms with van der Waals surface area (Å²) in [6.45, 7) is 3.22. The molecule has 12 heavy (non-hydrogen) atoms. The molecular formula is C9H19NO2. The minimum atomic E-state index is -0.298. The van der Waals surface area contributed by atoms with Crippen molar-refractivity contribution in [3.05, 3.63) is 12.2 Å². The maximum atomic E-state index is 9.32. The van der Waals surface area contributed by atoms with E-state index in [-0.39, 0.29) is 12.7 Å². The van der Waals surface area contributed by atoms with E-state index >= 15 is 0 Å². The predicted molar refractivity (Wildman–Crippen MR) is 50.0 cm³/mol. The maximum Gasteiger partial charge on any atom is 0.0667 e. The van der Waals surface area contributed by atoms with Crippen LogP contribution in [0.15, 0.2) is 12.2 Å². The van der Waals surface area contributed by atoms with Crippen molar-refractivity contribution in [2.75, 3.05) is 19.7 Å². The lowest BCUT2D eigenvalue weighted by atomic mass is 10.2. The Morgan fingerprint density at radius 2 is 2.25 bits per heavy atom. The van der Waals surface area contributed by atoms with E-state index < -0.39 is 0 Å². The van der Waals surface area contributed by atoms with Gasteiger partial charge in [-0.25, -0.2) is 0 Å². The van der Waals surface area contributed by atoms with Crippen LogP contribution < -0.4 is 5.32 Å². The highest BCUT2D eigenvalue weighted by atomic mass is 16.3. The Kier molecular flexibility index (Phi) is 8.44. The van der Waals surface area contributed by atoms with Crippen LogP contribution in [0, 0.1) is 0 Å². The second-order valence-corrected chi connectivity index (χ2v) is 2.73. The van der Waals surface area contributed by atoms with Gasteiger partial charge in [-0.1, -0.05) is 12.2 Å². The van der Waals surface area contributed by atoms with Crippen LogP contribution in [0.4, 0.5) is 0 Å². The van der Waals surface area contributed by atoms with Crippen LogP contribution in [0.3, 0.4) is 0 Å². The zero-order valence-corrected chi connectivity index (χ0v) is 7.66. The first-order chi connectivity index (χ1) is 5.81. The van der Waals surface area contributed by atoms with Gasteiger partial charge in [-0.15, -0.1) is 0 Å². The third-order valence-electron chi connectivity index (χ3n) is 1.57. The standard InChI is InChI=1S/C9H19NO2/c1-2-3-4-5-9(12)8-10-6-7-11/h2-3,9-12H,4-8H2,1H3/b3-2+. The molecule has 0 aromatic carbocycles. The lowest BCUT2D eigenvalue weighted by Crippen LogP contribution is -2.28. The van der Waals surface area contributed by atoms with Crippen molar-refractivity contribution in [3.63, 3.8) is 0 Å². The van der Waals surface area contributed by atoms with Gasteiger partial charge >= 0.3 is 0 Å². The lowest BCUT2D eigenvalue weighted by Gasteiger charge is -2.09. The van der Waals surface area contributed by atoms with Crippen molar-refractivity contribution in [2.45, 2.75) is 25.9 Å². The van der Waals surface area contributed by atoms with Gasteiger partial charge in [0.1, 0.15) is 0 Å². The molecule has 0 amide bonds. The molecule has 0 rings (SSSR count). The van der Waals surface area contributed by atoms with E-state index in [0.717, 1.165) is 12.8 Å². The molecule has 0 heterocycles. The Labute approximate surface area is 74.1 Å². The van der Waals surface area contributed by atoms with E-state index in [9.17, 15) is 5.11 Å². The largest absolute Gasteiger partial charge is 0.395 e. The van der Waals surface area contributed by atoms with Crippen molar-refractivity contribution < 1.29 is 10.2 Å². The number of allylic oxidation sites excluding steroid dienone is 2. The Hall–Kier alpha value is -0.380. The number of hydrogen-bond acceptors (Lipinski definition) is 3. The molecule has 0 bridgehead atoms. The maximum absolute atomic E-state index is 9.32. The van der Waals surface area contributed by atoms with Crippen LogP contribution in [-0.4, -0.2) is 36.0 Å². The average molecular weight is 173 g/mol. The molecule has 0 aliphatic carbocycles. The highest BCUT2D eigenvalue weighted by Gasteiger charge is 2.00. The molecule has 3 heteroatoms. The van der Waals surface area contributed by atoms with Crippen LogP contribution in [0.5, 0.6) is 0 Å². The SMILES string of the molecule is C/C=C/CCC(O)CNCCO. The zero-order chi connectivity index (χ0) is 9.23. The number of aliphatic hydroxyl groups excluding tert-OH is 2. The predicted octanol–water partition coefficient (Wildman–Crippen LogP) is 0.286. The van der Waals surface area contributed by atoms with E-state index in [0.29, 0.717) is 13.1 Å². The highest BCUT2D eigenvalue weighted by molar-refractivity contribution is 4.78. The third kappa shape index (κ3) is 7.72. The minimum Gasteiger partial charge on any atom is -0.395 e. The van der Waals surface area contributed by atoms with Crippen molar-refractivity contribution in [1.82, 2.24) is 5.32 Å². The molecule has 3 nitrogen and oxygen atoms in total. The van der Waals surface area contributed by atoms with Crippen LogP contribution in [0.1, 0.15) is 19.8 Å². The van der Waals surface area contributed by atoms with Gasteiger partial charge in [0.05, 0.1) is 12.7 Å². The minimum absolute atomic E-state index is 0.127. The van der Waals surface area contributed by atoms with Gasteiger partial charge in [0.15, 0.2) is 0 Å². The van der Waals surface area contributed by atoms with Crippen LogP contribution in [0.2, 0.25) is 0 Å². The fraction of sp³-hybridized carbons (Fsp3) is 0.778. The fourth-order valence-electron chi connectivity index (χ4n) is 0.905. The summed E-state index contributed by atoms with van der Waals surface area (Å²) < 4.78 is 0. The summed E-state index contributed by atoms with van der Waals surface area (Å²) in [5, 5.41) is 20.7. The Morgan fingerprint density at radius 3 is 2.83 bits per heavy atom. The summed E-state index contributed by atoms with van der Waals surface area (Å²) in [5.74, 6) is 0. The quantitative estimate of drug-likeness (QED) is 0.383. The van der Waals surface area contributed by atoms with Crippen molar-refractivity contribution in [2.24, 2.45) is 0 Å². The molecule has 0 radical (unpaired) electrons. The number of aliphatic hydroxyl groups is 2. The van der Waals surface area contributed by atoms with Gasteiger partial charge in [-0.3, -0.25) is 0 Å². The van der Waals surface area contributed by atoms with Gasteiger partial charge < -0.3 is 15.5 Å². The van der Waals surface area contributed by atoms with Gasteiger partial charge in [-0.2, -0.15) is 0 Å². The second kappa shape index (κ2) is 8.71. The van der Waals surface area contributed by atoms with Crippen LogP contribution in [0.25, 0.3) is 0 Å². The number of hydrogen-bond donors (Lipinski definition) is 3. The molecule has 3 N–H and O–H groups in total. The van der Waals surface area contributed by atoms with Crippen molar-refractivity contribution in [1.29, 1.82) is 0 Å².